The molecule has 1 fully saturated rings. The van der Waals surface area contributed by atoms with Crippen molar-refractivity contribution in [1.82, 2.24) is 19.9 Å². The molecular weight excluding hydrogens is 352 g/mol. The monoisotopic (exact) mass is 375 g/mol. The number of anilines is 1. The molecule has 3 heterocycles. The first kappa shape index (κ1) is 19.1. The molecule has 0 radical (unpaired) electrons. The summed E-state index contributed by atoms with van der Waals surface area (Å²) in [5.74, 6) is 1.64. The summed E-state index contributed by atoms with van der Waals surface area (Å²) in [5, 5.41) is 7.14. The van der Waals surface area contributed by atoms with Gasteiger partial charge < -0.3 is 15.6 Å². The minimum atomic E-state index is -2.81. The first-order chi connectivity index (χ1) is 12.8. The van der Waals surface area contributed by atoms with E-state index in [0.717, 1.165) is 24.9 Å². The Labute approximate surface area is 156 Å². The number of aromatic amines is 1. The predicted molar refractivity (Wildman–Crippen MR) is 101 cm³/mol. The zero-order valence-corrected chi connectivity index (χ0v) is 15.2. The van der Waals surface area contributed by atoms with Gasteiger partial charge in [-0.25, -0.2) is 23.7 Å². The number of hydrogen-bond acceptors (Lipinski definition) is 6. The average molecular weight is 375 g/mol. The normalized spacial score (nSPS) is 23.3. The van der Waals surface area contributed by atoms with E-state index in [0.29, 0.717) is 23.1 Å². The van der Waals surface area contributed by atoms with Gasteiger partial charge in [-0.1, -0.05) is 6.92 Å². The molecule has 0 aliphatic carbocycles. The van der Waals surface area contributed by atoms with Gasteiger partial charge in [0.05, 0.1) is 23.3 Å². The lowest BCUT2D eigenvalue weighted by Gasteiger charge is -2.41. The van der Waals surface area contributed by atoms with Crippen molar-refractivity contribution in [2.45, 2.75) is 38.8 Å². The summed E-state index contributed by atoms with van der Waals surface area (Å²) in [7, 11) is 0. The summed E-state index contributed by atoms with van der Waals surface area (Å²) in [5.41, 5.74) is 6.78. The van der Waals surface area contributed by atoms with E-state index in [1.807, 2.05) is 6.07 Å². The topological polar surface area (TPSA) is 108 Å². The summed E-state index contributed by atoms with van der Waals surface area (Å²) in [6.07, 6.45) is 3.61. The van der Waals surface area contributed by atoms with Crippen molar-refractivity contribution in [3.8, 4) is 11.4 Å². The number of allylic oxidation sites excluding steroid dienone is 1. The van der Waals surface area contributed by atoms with E-state index in [1.165, 1.54) is 12.4 Å². The minimum absolute atomic E-state index is 0.0845. The molecule has 1 aliphatic rings. The Morgan fingerprint density at radius 1 is 1.37 bits per heavy atom. The first-order valence-corrected chi connectivity index (χ1v) is 8.79. The molecule has 27 heavy (non-hydrogen) atoms. The van der Waals surface area contributed by atoms with Gasteiger partial charge in [-0.15, -0.1) is 0 Å². The number of piperidine rings is 1. The summed E-state index contributed by atoms with van der Waals surface area (Å²) in [4.78, 5) is 18.0. The van der Waals surface area contributed by atoms with E-state index in [1.54, 1.807) is 6.20 Å². The number of aromatic nitrogens is 4. The third-order valence-electron chi connectivity index (χ3n) is 4.77. The fourth-order valence-electron chi connectivity index (χ4n) is 3.22. The summed E-state index contributed by atoms with van der Waals surface area (Å²) >= 11 is 0. The van der Waals surface area contributed by atoms with Crippen LogP contribution in [-0.2, 0) is 0 Å². The third kappa shape index (κ3) is 4.36. The smallest absolute Gasteiger partial charge is 0.279 e. The van der Waals surface area contributed by atoms with E-state index < -0.39 is 12.1 Å². The van der Waals surface area contributed by atoms with Crippen LogP contribution in [0.2, 0.25) is 0 Å². The van der Waals surface area contributed by atoms with Crippen LogP contribution in [0.5, 0.6) is 0 Å². The van der Waals surface area contributed by atoms with Gasteiger partial charge in [-0.05, 0) is 31.4 Å². The highest BCUT2D eigenvalue weighted by Crippen LogP contribution is 2.27. The number of nitrogens with two attached hydrogens (primary N) is 1. The molecule has 0 aromatic carbocycles. The van der Waals surface area contributed by atoms with Crippen LogP contribution in [0.4, 0.5) is 14.6 Å². The molecular formula is C18H23F2N7. The lowest BCUT2D eigenvalue weighted by atomic mass is 9.91. The van der Waals surface area contributed by atoms with Crippen LogP contribution in [0.25, 0.3) is 17.5 Å². The Balaban J connectivity index is 1.81. The Morgan fingerprint density at radius 3 is 2.89 bits per heavy atom. The first-order valence-electron chi connectivity index (χ1n) is 8.79. The van der Waals surface area contributed by atoms with Crippen LogP contribution < -0.4 is 10.6 Å². The third-order valence-corrected chi connectivity index (χ3v) is 4.77. The summed E-state index contributed by atoms with van der Waals surface area (Å²) in [6, 6.07) is 2.12. The quantitative estimate of drug-likeness (QED) is 0.697. The molecule has 3 rings (SSSR count). The highest BCUT2D eigenvalue weighted by Gasteiger charge is 2.30. The Bertz CT molecular complexity index is 833. The van der Waals surface area contributed by atoms with Crippen LogP contribution in [-0.4, -0.2) is 50.7 Å². The molecule has 0 saturated carbocycles. The van der Waals surface area contributed by atoms with Crippen molar-refractivity contribution in [2.24, 2.45) is 11.7 Å². The summed E-state index contributed by atoms with van der Waals surface area (Å²) in [6.45, 7) is 5.14. The lowest BCUT2D eigenvalue weighted by molar-refractivity contribution is 0.226. The average Bonchev–Trinajstić information content (AvgIpc) is 3.11. The SMILES string of the molecule is CC1CC(N)C(C)N(c2cc(-c3cnc(/C=C\C(=N)C(F)F)[nH]3)ncn2)C1. The molecule has 3 atom stereocenters. The highest BCUT2D eigenvalue weighted by molar-refractivity contribution is 5.97. The van der Waals surface area contributed by atoms with Gasteiger partial charge in [-0.3, -0.25) is 5.41 Å². The maximum atomic E-state index is 12.4. The van der Waals surface area contributed by atoms with E-state index in [2.05, 4.69) is 38.7 Å². The number of alkyl halides is 2. The maximum absolute atomic E-state index is 12.4. The standard InChI is InChI=1S/C18H23F2N7/c1-10-5-13(22)11(2)27(8-10)17-6-14(24-9-25-17)15-7-23-16(26-15)4-3-12(21)18(19)20/h3-4,6-7,9-11,13,18,21H,5,8,22H2,1-2H3,(H,23,26)/b4-3-,21-12?. The number of nitrogens with one attached hydrogen (secondary N) is 2. The molecule has 2 aromatic rings. The van der Waals surface area contributed by atoms with Crippen LogP contribution in [0.15, 0.2) is 24.7 Å². The molecule has 0 amide bonds. The van der Waals surface area contributed by atoms with Gasteiger partial charge in [0, 0.05) is 24.7 Å². The van der Waals surface area contributed by atoms with Crippen molar-refractivity contribution >= 4 is 17.6 Å². The van der Waals surface area contributed by atoms with E-state index >= 15 is 0 Å². The van der Waals surface area contributed by atoms with Crippen LogP contribution >= 0.6 is 0 Å². The zero-order valence-electron chi connectivity index (χ0n) is 15.2. The molecule has 7 nitrogen and oxygen atoms in total. The highest BCUT2D eigenvalue weighted by atomic mass is 19.3. The van der Waals surface area contributed by atoms with Crippen molar-refractivity contribution < 1.29 is 8.78 Å². The van der Waals surface area contributed by atoms with Gasteiger partial charge in [-0.2, -0.15) is 0 Å². The van der Waals surface area contributed by atoms with Crippen LogP contribution in [0.3, 0.4) is 0 Å². The Morgan fingerprint density at radius 2 is 2.15 bits per heavy atom. The van der Waals surface area contributed by atoms with Gasteiger partial charge in [0.1, 0.15) is 18.0 Å². The number of rotatable bonds is 5. The number of imidazole rings is 1. The largest absolute Gasteiger partial charge is 0.352 e. The Kier molecular flexibility index (Phi) is 5.59. The number of H-pyrrole nitrogens is 1. The Hall–Kier alpha value is -2.68. The second-order valence-electron chi connectivity index (χ2n) is 6.93. The summed E-state index contributed by atoms with van der Waals surface area (Å²) < 4.78 is 24.7. The molecule has 4 N–H and O–H groups in total. The minimum Gasteiger partial charge on any atom is -0.352 e. The van der Waals surface area contributed by atoms with Gasteiger partial charge in [0.2, 0.25) is 0 Å². The van der Waals surface area contributed by atoms with Gasteiger partial charge in [0.15, 0.2) is 0 Å². The molecule has 0 bridgehead atoms. The van der Waals surface area contributed by atoms with Crippen molar-refractivity contribution in [2.75, 3.05) is 11.4 Å². The van der Waals surface area contributed by atoms with Gasteiger partial charge >= 0.3 is 0 Å². The van der Waals surface area contributed by atoms with Gasteiger partial charge in [0.25, 0.3) is 6.43 Å². The molecule has 144 valence electrons. The molecule has 3 unspecified atom stereocenters. The zero-order chi connectivity index (χ0) is 19.6. The fraction of sp³-hybridized carbons (Fsp3) is 0.444. The van der Waals surface area contributed by atoms with Crippen molar-refractivity contribution in [1.29, 1.82) is 5.41 Å². The predicted octanol–water partition coefficient (Wildman–Crippen LogP) is 2.73. The second-order valence-corrected chi connectivity index (χ2v) is 6.93. The molecule has 1 aliphatic heterocycles. The lowest BCUT2D eigenvalue weighted by Crippen LogP contribution is -2.53. The van der Waals surface area contributed by atoms with Crippen molar-refractivity contribution in [3.05, 3.63) is 30.5 Å². The number of halogens is 2. The number of hydrogen-bond donors (Lipinski definition) is 3. The fourth-order valence-corrected chi connectivity index (χ4v) is 3.22. The van der Waals surface area contributed by atoms with Crippen LogP contribution in [0, 0.1) is 11.3 Å². The maximum Gasteiger partial charge on any atom is 0.279 e. The molecule has 9 heteroatoms. The molecule has 1 saturated heterocycles. The molecule has 2 aromatic heterocycles. The second kappa shape index (κ2) is 7.91. The van der Waals surface area contributed by atoms with Crippen LogP contribution in [0.1, 0.15) is 26.1 Å². The number of nitrogens with zero attached hydrogens (tertiary/aromatic N) is 4. The van der Waals surface area contributed by atoms with E-state index in [4.69, 9.17) is 11.1 Å². The van der Waals surface area contributed by atoms with Crippen molar-refractivity contribution in [3.63, 3.8) is 0 Å². The van der Waals surface area contributed by atoms with E-state index in [9.17, 15) is 8.78 Å². The van der Waals surface area contributed by atoms with E-state index in [-0.39, 0.29) is 12.1 Å². The molecule has 0 spiro atoms.